The van der Waals surface area contributed by atoms with Crippen molar-refractivity contribution < 1.29 is 27.8 Å². The first-order valence-corrected chi connectivity index (χ1v) is 7.32. The summed E-state index contributed by atoms with van der Waals surface area (Å²) in [6.07, 6.45) is -5.41. The fourth-order valence-electron chi connectivity index (χ4n) is 2.84. The summed E-state index contributed by atoms with van der Waals surface area (Å²) < 4.78 is 49.4. The van der Waals surface area contributed by atoms with E-state index in [1.807, 2.05) is 0 Å². The van der Waals surface area contributed by atoms with Crippen molar-refractivity contribution in [2.75, 3.05) is 40.4 Å². The first-order valence-electron chi connectivity index (χ1n) is 7.32. The molecule has 24 heavy (non-hydrogen) atoms. The van der Waals surface area contributed by atoms with Crippen molar-refractivity contribution in [3.05, 3.63) is 17.7 Å². The average Bonchev–Trinajstić information content (AvgIpc) is 2.52. The number of methoxy groups -OCH3 is 2. The molecule has 0 radical (unpaired) electrons. The van der Waals surface area contributed by atoms with Crippen LogP contribution in [0.1, 0.15) is 18.0 Å². The van der Waals surface area contributed by atoms with Crippen molar-refractivity contribution in [3.63, 3.8) is 0 Å². The lowest BCUT2D eigenvalue weighted by Gasteiger charge is -2.36. The Balaban J connectivity index is 0.00000288. The third-order valence-electron chi connectivity index (χ3n) is 3.90. The van der Waals surface area contributed by atoms with Gasteiger partial charge in [-0.15, -0.1) is 12.4 Å². The van der Waals surface area contributed by atoms with Crippen LogP contribution < -0.4 is 14.8 Å². The van der Waals surface area contributed by atoms with E-state index in [9.17, 15) is 18.3 Å². The Bertz CT molecular complexity index is 537. The highest BCUT2D eigenvalue weighted by Crippen LogP contribution is 2.44. The van der Waals surface area contributed by atoms with Crippen molar-refractivity contribution in [2.24, 2.45) is 0 Å². The first-order chi connectivity index (χ1) is 10.9. The summed E-state index contributed by atoms with van der Waals surface area (Å²) in [5.41, 5.74) is 0.146. The van der Waals surface area contributed by atoms with Gasteiger partial charge in [-0.3, -0.25) is 4.90 Å². The molecule has 0 aromatic heterocycles. The van der Waals surface area contributed by atoms with Crippen LogP contribution in [0.3, 0.4) is 0 Å². The molecule has 1 aromatic carbocycles. The van der Waals surface area contributed by atoms with E-state index in [-0.39, 0.29) is 29.5 Å². The molecule has 0 amide bonds. The molecule has 1 aliphatic heterocycles. The molecule has 0 unspecified atom stereocenters. The molecule has 1 aromatic rings. The van der Waals surface area contributed by atoms with E-state index >= 15 is 0 Å². The zero-order valence-corrected chi connectivity index (χ0v) is 14.3. The van der Waals surface area contributed by atoms with Gasteiger partial charge < -0.3 is 19.9 Å². The van der Waals surface area contributed by atoms with Gasteiger partial charge in [-0.25, -0.2) is 0 Å². The van der Waals surface area contributed by atoms with Crippen LogP contribution in [0.2, 0.25) is 0 Å². The van der Waals surface area contributed by atoms with Crippen LogP contribution in [-0.4, -0.2) is 56.6 Å². The monoisotopic (exact) mass is 370 g/mol. The second kappa shape index (κ2) is 8.64. The Hall–Kier alpha value is -1.38. The highest BCUT2D eigenvalue weighted by Gasteiger charge is 2.38. The Morgan fingerprint density at radius 1 is 1.21 bits per heavy atom. The first kappa shape index (κ1) is 20.7. The number of nitrogens with zero attached hydrogens (tertiary/aromatic N) is 1. The van der Waals surface area contributed by atoms with Gasteiger partial charge in [0.15, 0.2) is 0 Å². The minimum atomic E-state index is -4.35. The van der Waals surface area contributed by atoms with E-state index < -0.39 is 18.6 Å². The lowest BCUT2D eigenvalue weighted by molar-refractivity contribution is -0.149. The Kier molecular flexibility index (Phi) is 7.44. The van der Waals surface area contributed by atoms with Crippen molar-refractivity contribution in [2.45, 2.75) is 18.6 Å². The van der Waals surface area contributed by atoms with Gasteiger partial charge in [-0.2, -0.15) is 13.2 Å². The van der Waals surface area contributed by atoms with Gasteiger partial charge in [-0.05, 0) is 0 Å². The van der Waals surface area contributed by atoms with Crippen LogP contribution in [0, 0.1) is 0 Å². The fourth-order valence-corrected chi connectivity index (χ4v) is 2.84. The summed E-state index contributed by atoms with van der Waals surface area (Å²) in [6.45, 7) is 2.14. The third-order valence-corrected chi connectivity index (χ3v) is 3.90. The Morgan fingerprint density at radius 2 is 1.83 bits per heavy atom. The second-order valence-electron chi connectivity index (χ2n) is 5.38. The zero-order valence-electron chi connectivity index (χ0n) is 13.5. The molecule has 1 fully saturated rings. The lowest BCUT2D eigenvalue weighted by Crippen LogP contribution is -2.46. The molecule has 9 heteroatoms. The molecule has 0 bridgehead atoms. The summed E-state index contributed by atoms with van der Waals surface area (Å²) in [5.74, 6) is 0.262. The molecule has 1 heterocycles. The van der Waals surface area contributed by atoms with Gasteiger partial charge in [0.1, 0.15) is 17.2 Å². The van der Waals surface area contributed by atoms with Crippen LogP contribution in [0.25, 0.3) is 0 Å². The van der Waals surface area contributed by atoms with E-state index in [1.165, 1.54) is 26.4 Å². The molecule has 1 saturated heterocycles. The van der Waals surface area contributed by atoms with Gasteiger partial charge in [0.05, 0.1) is 32.2 Å². The molecular formula is C15H22ClF3N2O3. The third kappa shape index (κ3) is 5.06. The van der Waals surface area contributed by atoms with Gasteiger partial charge >= 0.3 is 6.18 Å². The predicted octanol–water partition coefficient (Wildman–Crippen LogP) is 2.73. The van der Waals surface area contributed by atoms with Gasteiger partial charge in [0.2, 0.25) is 0 Å². The number of ether oxygens (including phenoxy) is 2. The highest BCUT2D eigenvalue weighted by atomic mass is 35.5. The molecule has 2 rings (SSSR count). The van der Waals surface area contributed by atoms with E-state index in [2.05, 4.69) is 5.32 Å². The van der Waals surface area contributed by atoms with E-state index in [0.717, 1.165) is 0 Å². The molecule has 0 saturated carbocycles. The standard InChI is InChI=1S/C15H21F3N2O3.ClH/c1-22-10-7-12(21)14(13(8-10)23-2)11(9-15(16,17)18)20-5-3-19-4-6-20;/h7-8,11,19,21H,3-6,9H2,1-2H3;1H/t11-;/m1./s1. The van der Waals surface area contributed by atoms with E-state index in [4.69, 9.17) is 9.47 Å². The van der Waals surface area contributed by atoms with E-state index in [0.29, 0.717) is 31.9 Å². The SMILES string of the molecule is COc1cc(O)c([C@@H](CC(F)(F)F)N2CCNCC2)c(OC)c1.Cl. The second-order valence-corrected chi connectivity index (χ2v) is 5.38. The maximum atomic E-state index is 13.1. The smallest absolute Gasteiger partial charge is 0.390 e. The van der Waals surface area contributed by atoms with E-state index in [1.54, 1.807) is 4.90 Å². The number of phenolic OH excluding ortho intramolecular Hbond substituents is 1. The summed E-state index contributed by atoms with van der Waals surface area (Å²) in [7, 11) is 2.78. The van der Waals surface area contributed by atoms with Crippen molar-refractivity contribution in [1.29, 1.82) is 0 Å². The van der Waals surface area contributed by atoms with Crippen molar-refractivity contribution >= 4 is 12.4 Å². The maximum Gasteiger partial charge on any atom is 0.390 e. The Morgan fingerprint density at radius 3 is 2.33 bits per heavy atom. The summed E-state index contributed by atoms with van der Waals surface area (Å²) >= 11 is 0. The van der Waals surface area contributed by atoms with Crippen LogP contribution in [-0.2, 0) is 0 Å². The van der Waals surface area contributed by atoms with Crippen LogP contribution in [0.5, 0.6) is 17.2 Å². The van der Waals surface area contributed by atoms with Crippen LogP contribution >= 0.6 is 12.4 Å². The topological polar surface area (TPSA) is 54.0 Å². The number of alkyl halides is 3. The predicted molar refractivity (Wildman–Crippen MR) is 86.3 cm³/mol. The molecule has 138 valence electrons. The van der Waals surface area contributed by atoms with Crippen molar-refractivity contribution in [3.8, 4) is 17.2 Å². The maximum absolute atomic E-state index is 13.1. The molecule has 1 aliphatic rings. The van der Waals surface area contributed by atoms with Gasteiger partial charge in [-0.1, -0.05) is 0 Å². The zero-order chi connectivity index (χ0) is 17.0. The number of phenols is 1. The normalized spacial score (nSPS) is 17.0. The quantitative estimate of drug-likeness (QED) is 0.834. The summed E-state index contributed by atoms with van der Waals surface area (Å²) in [6, 6.07) is 1.79. The molecule has 0 aliphatic carbocycles. The molecule has 5 nitrogen and oxygen atoms in total. The van der Waals surface area contributed by atoms with Crippen LogP contribution in [0.15, 0.2) is 12.1 Å². The minimum absolute atomic E-state index is 0. The molecule has 1 atom stereocenters. The number of piperazine rings is 1. The minimum Gasteiger partial charge on any atom is -0.507 e. The lowest BCUT2D eigenvalue weighted by atomic mass is 9.98. The number of rotatable bonds is 5. The highest BCUT2D eigenvalue weighted by molar-refractivity contribution is 5.85. The fraction of sp³-hybridized carbons (Fsp3) is 0.600. The number of hydrogen-bond donors (Lipinski definition) is 2. The molecule has 0 spiro atoms. The number of nitrogens with one attached hydrogen (secondary N) is 1. The Labute approximate surface area is 145 Å². The van der Waals surface area contributed by atoms with Gasteiger partial charge in [0, 0.05) is 38.3 Å². The number of aromatic hydroxyl groups is 1. The largest absolute Gasteiger partial charge is 0.507 e. The van der Waals surface area contributed by atoms with Crippen molar-refractivity contribution in [1.82, 2.24) is 10.2 Å². The number of benzene rings is 1. The summed E-state index contributed by atoms with van der Waals surface area (Å²) in [4.78, 5) is 1.72. The number of halogens is 4. The average molecular weight is 371 g/mol. The molecular weight excluding hydrogens is 349 g/mol. The number of hydrogen-bond acceptors (Lipinski definition) is 5. The van der Waals surface area contributed by atoms with Crippen LogP contribution in [0.4, 0.5) is 13.2 Å². The van der Waals surface area contributed by atoms with Gasteiger partial charge in [0.25, 0.3) is 0 Å². The summed E-state index contributed by atoms with van der Waals surface area (Å²) in [5, 5.41) is 13.4. The molecule has 2 N–H and O–H groups in total.